The maximum atomic E-state index is 13.2. The summed E-state index contributed by atoms with van der Waals surface area (Å²) in [7, 11) is -3.75. The summed E-state index contributed by atoms with van der Waals surface area (Å²) in [5.41, 5.74) is 2.54. The molecule has 204 valence electrons. The average Bonchev–Trinajstić information content (AvgIpc) is 3.79. The standard InChI is InChI=1S/C32H30N2O5S/c33-19-24-13-16-29(34-20-24)40(37,38)21-23-10-6-11-26(17-23)30(25-14-15-25)31-28(35)18-27(39-32(31)36)12-5-4-9-22-7-2-1-3-8-22/h1-3,6-8,10-11,13,16-18,20,25,30,35H,4-5,9,12,14-15,21H2. The molecule has 40 heavy (non-hydrogen) atoms. The van der Waals surface area contributed by atoms with Gasteiger partial charge in [0, 0.05) is 24.6 Å². The Morgan fingerprint density at radius 2 is 1.73 bits per heavy atom. The van der Waals surface area contributed by atoms with E-state index < -0.39 is 15.5 Å². The molecule has 0 aliphatic heterocycles. The van der Waals surface area contributed by atoms with Gasteiger partial charge in [0.1, 0.15) is 17.6 Å². The number of nitrogens with zero attached hydrogens (tertiary/aromatic N) is 2. The second-order valence-electron chi connectivity index (χ2n) is 10.3. The van der Waals surface area contributed by atoms with Crippen LogP contribution in [0.15, 0.2) is 93.2 Å². The van der Waals surface area contributed by atoms with E-state index >= 15 is 0 Å². The smallest absolute Gasteiger partial charge is 0.343 e. The van der Waals surface area contributed by atoms with Crippen LogP contribution in [0.3, 0.4) is 0 Å². The lowest BCUT2D eigenvalue weighted by atomic mass is 9.86. The van der Waals surface area contributed by atoms with E-state index in [0.717, 1.165) is 37.7 Å². The molecule has 0 saturated heterocycles. The summed E-state index contributed by atoms with van der Waals surface area (Å²) in [5.74, 6) is -0.120. The maximum Gasteiger partial charge on any atom is 0.343 e. The monoisotopic (exact) mass is 554 g/mol. The molecule has 2 heterocycles. The first-order valence-corrected chi connectivity index (χ1v) is 15.1. The first-order chi connectivity index (χ1) is 19.3. The third kappa shape index (κ3) is 6.49. The summed E-state index contributed by atoms with van der Waals surface area (Å²) < 4.78 is 31.6. The molecular formula is C32H30N2O5S. The van der Waals surface area contributed by atoms with Crippen molar-refractivity contribution in [2.24, 2.45) is 5.92 Å². The third-order valence-corrected chi connectivity index (χ3v) is 8.85. The van der Waals surface area contributed by atoms with Gasteiger partial charge in [-0.1, -0.05) is 54.6 Å². The zero-order valence-electron chi connectivity index (χ0n) is 22.0. The number of aromatic nitrogens is 1. The second kappa shape index (κ2) is 11.9. The van der Waals surface area contributed by atoms with E-state index in [-0.39, 0.29) is 39.5 Å². The minimum absolute atomic E-state index is 0.0778. The van der Waals surface area contributed by atoms with Gasteiger partial charge in [0.15, 0.2) is 14.9 Å². The number of hydrogen-bond donors (Lipinski definition) is 1. The molecule has 7 nitrogen and oxygen atoms in total. The molecule has 0 radical (unpaired) electrons. The highest BCUT2D eigenvalue weighted by molar-refractivity contribution is 7.90. The molecule has 2 aromatic carbocycles. The summed E-state index contributed by atoms with van der Waals surface area (Å²) in [6.45, 7) is 0. The van der Waals surface area contributed by atoms with Crippen LogP contribution in [0, 0.1) is 17.2 Å². The quantitative estimate of drug-likeness (QED) is 0.236. The van der Waals surface area contributed by atoms with E-state index in [1.807, 2.05) is 30.3 Å². The predicted molar refractivity (Wildman–Crippen MR) is 151 cm³/mol. The minimum atomic E-state index is -3.75. The van der Waals surface area contributed by atoms with Crippen LogP contribution in [0.1, 0.15) is 65.2 Å². The maximum absolute atomic E-state index is 13.2. The van der Waals surface area contributed by atoms with Gasteiger partial charge in [0.25, 0.3) is 0 Å². The highest BCUT2D eigenvalue weighted by Gasteiger charge is 2.37. The van der Waals surface area contributed by atoms with Gasteiger partial charge in [-0.25, -0.2) is 18.2 Å². The lowest BCUT2D eigenvalue weighted by Crippen LogP contribution is -2.17. The van der Waals surface area contributed by atoms with Crippen LogP contribution in [0.25, 0.3) is 0 Å². The lowest BCUT2D eigenvalue weighted by molar-refractivity contribution is 0.400. The van der Waals surface area contributed by atoms with Crippen LogP contribution >= 0.6 is 0 Å². The molecule has 8 heteroatoms. The van der Waals surface area contributed by atoms with Crippen molar-refractivity contribution in [3.63, 3.8) is 0 Å². The van der Waals surface area contributed by atoms with Crippen LogP contribution in [0.4, 0.5) is 0 Å². The van der Waals surface area contributed by atoms with E-state index in [9.17, 15) is 18.3 Å². The van der Waals surface area contributed by atoms with Gasteiger partial charge in [-0.3, -0.25) is 0 Å². The van der Waals surface area contributed by atoms with Crippen molar-refractivity contribution >= 4 is 9.84 Å². The lowest BCUT2D eigenvalue weighted by Gasteiger charge is -2.19. The highest BCUT2D eigenvalue weighted by Crippen LogP contribution is 2.47. The number of nitriles is 1. The van der Waals surface area contributed by atoms with Crippen molar-refractivity contribution < 1.29 is 17.9 Å². The first kappa shape index (κ1) is 27.4. The van der Waals surface area contributed by atoms with Crippen molar-refractivity contribution in [3.05, 3.63) is 123 Å². The van der Waals surface area contributed by atoms with Crippen molar-refractivity contribution in [1.29, 1.82) is 5.26 Å². The Kier molecular flexibility index (Phi) is 8.13. The number of benzene rings is 2. The molecule has 0 amide bonds. The SMILES string of the molecule is N#Cc1ccc(S(=O)(=O)Cc2cccc(C(c3c(O)cc(CCCCc4ccccc4)oc3=O)C3CC3)c2)nc1. The molecule has 1 aliphatic carbocycles. The summed E-state index contributed by atoms with van der Waals surface area (Å²) in [4.78, 5) is 17.1. The normalized spacial score (nSPS) is 14.0. The fraction of sp³-hybridized carbons (Fsp3) is 0.281. The molecule has 1 fully saturated rings. The largest absolute Gasteiger partial charge is 0.507 e. The molecular weight excluding hydrogens is 524 g/mol. The fourth-order valence-electron chi connectivity index (χ4n) is 5.13. The Morgan fingerprint density at radius 3 is 2.40 bits per heavy atom. The number of hydrogen-bond acceptors (Lipinski definition) is 7. The third-order valence-electron chi connectivity index (χ3n) is 7.25. The number of sulfone groups is 1. The van der Waals surface area contributed by atoms with E-state index in [1.54, 1.807) is 24.3 Å². The molecule has 1 unspecified atom stereocenters. The molecule has 1 N–H and O–H groups in total. The van der Waals surface area contributed by atoms with Crippen LogP contribution in [0.2, 0.25) is 0 Å². The zero-order chi connectivity index (χ0) is 28.1. The Balaban J connectivity index is 1.33. The summed E-state index contributed by atoms with van der Waals surface area (Å²) >= 11 is 0. The van der Waals surface area contributed by atoms with Crippen LogP contribution in [-0.4, -0.2) is 18.5 Å². The Bertz CT molecular complexity index is 1690. The van der Waals surface area contributed by atoms with Gasteiger partial charge < -0.3 is 9.52 Å². The Labute approximate surface area is 233 Å². The van der Waals surface area contributed by atoms with Gasteiger partial charge in [0.05, 0.1) is 16.9 Å². The van der Waals surface area contributed by atoms with Crippen LogP contribution in [0.5, 0.6) is 5.75 Å². The summed E-state index contributed by atoms with van der Waals surface area (Å²) in [6.07, 6.45) is 6.31. The molecule has 0 bridgehead atoms. The molecule has 1 aliphatic rings. The Morgan fingerprint density at radius 1 is 0.975 bits per heavy atom. The molecule has 4 aromatic rings. The molecule has 0 spiro atoms. The van der Waals surface area contributed by atoms with E-state index in [0.29, 0.717) is 17.7 Å². The molecule has 1 atom stereocenters. The van der Waals surface area contributed by atoms with Gasteiger partial charge in [-0.05, 0) is 66.8 Å². The minimum Gasteiger partial charge on any atom is -0.507 e. The van der Waals surface area contributed by atoms with Gasteiger partial charge >= 0.3 is 5.63 Å². The fourth-order valence-corrected chi connectivity index (χ4v) is 6.38. The number of rotatable bonds is 11. The number of unbranched alkanes of at least 4 members (excludes halogenated alkanes) is 1. The Hall–Kier alpha value is -4.22. The van der Waals surface area contributed by atoms with Crippen molar-refractivity contribution in [1.82, 2.24) is 4.98 Å². The second-order valence-corrected chi connectivity index (χ2v) is 12.2. The van der Waals surface area contributed by atoms with Crippen molar-refractivity contribution in [3.8, 4) is 11.8 Å². The van der Waals surface area contributed by atoms with E-state index in [1.165, 1.54) is 23.9 Å². The summed E-state index contributed by atoms with van der Waals surface area (Å²) in [5, 5.41) is 19.8. The van der Waals surface area contributed by atoms with Crippen molar-refractivity contribution in [2.45, 2.75) is 55.2 Å². The number of aryl methyl sites for hydroxylation is 2. The molecule has 5 rings (SSSR count). The van der Waals surface area contributed by atoms with Gasteiger partial charge in [-0.2, -0.15) is 5.26 Å². The topological polar surface area (TPSA) is 121 Å². The number of aromatic hydroxyl groups is 1. The van der Waals surface area contributed by atoms with Gasteiger partial charge in [0.2, 0.25) is 0 Å². The van der Waals surface area contributed by atoms with Crippen molar-refractivity contribution in [2.75, 3.05) is 0 Å². The highest BCUT2D eigenvalue weighted by atomic mass is 32.2. The van der Waals surface area contributed by atoms with Crippen LogP contribution < -0.4 is 5.63 Å². The summed E-state index contributed by atoms with van der Waals surface area (Å²) in [6, 6.07) is 23.6. The predicted octanol–water partition coefficient (Wildman–Crippen LogP) is 5.69. The van der Waals surface area contributed by atoms with Gasteiger partial charge in [-0.15, -0.1) is 0 Å². The first-order valence-electron chi connectivity index (χ1n) is 13.4. The average molecular weight is 555 g/mol. The van der Waals surface area contributed by atoms with Crippen LogP contribution in [-0.2, 0) is 28.4 Å². The zero-order valence-corrected chi connectivity index (χ0v) is 22.8. The van der Waals surface area contributed by atoms with E-state index in [4.69, 9.17) is 9.68 Å². The molecule has 1 saturated carbocycles. The number of pyridine rings is 1. The van der Waals surface area contributed by atoms with E-state index in [2.05, 4.69) is 17.1 Å². The molecule has 2 aromatic heterocycles.